The number of nitrogens with one attached hydrogen (secondary N) is 3. The second-order valence-corrected chi connectivity index (χ2v) is 8.75. The minimum absolute atomic E-state index is 0.00564. The quantitative estimate of drug-likeness (QED) is 0.406. The summed E-state index contributed by atoms with van der Waals surface area (Å²) >= 11 is 0. The van der Waals surface area contributed by atoms with Crippen LogP contribution in [0.3, 0.4) is 0 Å². The third kappa shape index (κ3) is 4.02. The van der Waals surface area contributed by atoms with Crippen LogP contribution < -0.4 is 15.5 Å². The van der Waals surface area contributed by atoms with Crippen molar-refractivity contribution in [1.82, 2.24) is 29.9 Å². The van der Waals surface area contributed by atoms with Crippen LogP contribution in [0.25, 0.3) is 5.65 Å². The molecule has 0 bridgehead atoms. The molecule has 2 fully saturated rings. The van der Waals surface area contributed by atoms with Gasteiger partial charge >= 0.3 is 0 Å². The molecular formula is C24H26N8O. The van der Waals surface area contributed by atoms with Crippen LogP contribution in [0.2, 0.25) is 0 Å². The first-order chi connectivity index (χ1) is 16.2. The first-order valence-electron chi connectivity index (χ1n) is 11.5. The Bertz CT molecular complexity index is 1280. The maximum Gasteiger partial charge on any atom is 0.243 e. The van der Waals surface area contributed by atoms with Gasteiger partial charge in [-0.25, -0.2) is 0 Å². The van der Waals surface area contributed by atoms with E-state index in [0.717, 1.165) is 42.1 Å². The second-order valence-electron chi connectivity index (χ2n) is 8.75. The van der Waals surface area contributed by atoms with Crippen molar-refractivity contribution in [2.45, 2.75) is 44.2 Å². The van der Waals surface area contributed by atoms with E-state index >= 15 is 0 Å². The molecular weight excluding hydrogens is 416 g/mol. The zero-order chi connectivity index (χ0) is 22.2. The number of aromatic amines is 1. The summed E-state index contributed by atoms with van der Waals surface area (Å²) in [6, 6.07) is 15.6. The summed E-state index contributed by atoms with van der Waals surface area (Å²) in [7, 11) is 0. The lowest BCUT2D eigenvalue weighted by atomic mass is 10.2. The monoisotopic (exact) mass is 442 g/mol. The van der Waals surface area contributed by atoms with E-state index in [1.807, 2.05) is 64.0 Å². The summed E-state index contributed by atoms with van der Waals surface area (Å²) in [5.41, 5.74) is 3.01. The summed E-state index contributed by atoms with van der Waals surface area (Å²) in [6.45, 7) is 1.26. The molecule has 3 N–H and O–H groups in total. The molecule has 0 unspecified atom stereocenters. The van der Waals surface area contributed by atoms with Crippen molar-refractivity contribution in [3.8, 4) is 0 Å². The Hall–Kier alpha value is -3.88. The molecule has 2 aliphatic rings. The van der Waals surface area contributed by atoms with Gasteiger partial charge in [-0.2, -0.15) is 15.1 Å². The molecule has 6 rings (SSSR count). The van der Waals surface area contributed by atoms with Crippen LogP contribution in [-0.2, 0) is 11.3 Å². The fourth-order valence-corrected chi connectivity index (χ4v) is 4.43. The number of hydrogen-bond acceptors (Lipinski definition) is 6. The number of carbonyl (C=O) groups is 1. The first-order valence-corrected chi connectivity index (χ1v) is 11.5. The van der Waals surface area contributed by atoms with E-state index in [1.165, 1.54) is 12.8 Å². The Morgan fingerprint density at radius 3 is 2.82 bits per heavy atom. The maximum absolute atomic E-state index is 13.0. The zero-order valence-corrected chi connectivity index (χ0v) is 18.2. The van der Waals surface area contributed by atoms with Gasteiger partial charge in [0.1, 0.15) is 11.7 Å². The molecule has 1 aromatic carbocycles. The topological polar surface area (TPSA) is 103 Å². The van der Waals surface area contributed by atoms with E-state index in [1.54, 1.807) is 0 Å². The van der Waals surface area contributed by atoms with Gasteiger partial charge in [0.25, 0.3) is 0 Å². The lowest BCUT2D eigenvalue weighted by molar-refractivity contribution is -0.122. The van der Waals surface area contributed by atoms with Crippen molar-refractivity contribution in [3.05, 3.63) is 66.0 Å². The third-order valence-electron chi connectivity index (χ3n) is 6.35. The van der Waals surface area contributed by atoms with Gasteiger partial charge in [0, 0.05) is 37.0 Å². The SMILES string of the molecule is O=C(NCc1ccccc1)[C@@H]1CCCN1c1nc(Nc2cc(C3CC3)[nH]n2)n2cccc2n1. The van der Waals surface area contributed by atoms with Crippen LogP contribution in [0.1, 0.15) is 42.9 Å². The van der Waals surface area contributed by atoms with Crippen molar-refractivity contribution in [1.29, 1.82) is 0 Å². The lowest BCUT2D eigenvalue weighted by Gasteiger charge is -2.24. The highest BCUT2D eigenvalue weighted by Crippen LogP contribution is 2.39. The molecule has 1 aliphatic carbocycles. The van der Waals surface area contributed by atoms with Gasteiger partial charge in [-0.05, 0) is 43.4 Å². The fourth-order valence-electron chi connectivity index (χ4n) is 4.43. The molecule has 0 radical (unpaired) electrons. The van der Waals surface area contributed by atoms with E-state index in [-0.39, 0.29) is 11.9 Å². The van der Waals surface area contributed by atoms with E-state index in [2.05, 4.69) is 20.8 Å². The predicted octanol–water partition coefficient (Wildman–Crippen LogP) is 3.36. The van der Waals surface area contributed by atoms with E-state index in [9.17, 15) is 4.79 Å². The largest absolute Gasteiger partial charge is 0.350 e. The van der Waals surface area contributed by atoms with Crippen molar-refractivity contribution in [3.63, 3.8) is 0 Å². The number of nitrogens with zero attached hydrogens (tertiary/aromatic N) is 5. The van der Waals surface area contributed by atoms with Crippen LogP contribution in [0.4, 0.5) is 17.7 Å². The minimum Gasteiger partial charge on any atom is -0.350 e. The lowest BCUT2D eigenvalue weighted by Crippen LogP contribution is -2.43. The number of benzene rings is 1. The molecule has 1 saturated heterocycles. The molecule has 168 valence electrons. The molecule has 33 heavy (non-hydrogen) atoms. The van der Waals surface area contributed by atoms with Gasteiger partial charge in [0.05, 0.1) is 0 Å². The molecule has 1 aliphatic heterocycles. The summed E-state index contributed by atoms with van der Waals surface area (Å²) < 4.78 is 1.90. The average Bonchev–Trinajstić information content (AvgIpc) is 3.22. The van der Waals surface area contributed by atoms with Gasteiger partial charge in [-0.15, -0.1) is 0 Å². The molecule has 0 spiro atoms. The molecule has 9 heteroatoms. The van der Waals surface area contributed by atoms with Crippen molar-refractivity contribution >= 4 is 29.3 Å². The van der Waals surface area contributed by atoms with Gasteiger partial charge in [0.15, 0.2) is 5.82 Å². The van der Waals surface area contributed by atoms with Gasteiger partial charge < -0.3 is 15.5 Å². The number of rotatable bonds is 7. The maximum atomic E-state index is 13.0. The number of carbonyl (C=O) groups excluding carboxylic acids is 1. The highest BCUT2D eigenvalue weighted by atomic mass is 16.2. The molecule has 3 aromatic heterocycles. The van der Waals surface area contributed by atoms with E-state index < -0.39 is 0 Å². The van der Waals surface area contributed by atoms with Crippen LogP contribution in [-0.4, -0.2) is 43.1 Å². The number of aromatic nitrogens is 5. The number of H-pyrrole nitrogens is 1. The van der Waals surface area contributed by atoms with E-state index in [0.29, 0.717) is 24.4 Å². The standard InChI is InChI=1S/C24H26N8O/c33-22(25-15-16-6-2-1-3-7-16)19-8-4-12-31(19)24-27-21-9-5-13-32(21)23(28-24)26-20-14-18(29-30-20)17-10-11-17/h1-3,5-7,9,13-14,17,19H,4,8,10-12,15H2,(H,25,33)(H2,26,27,28,29,30)/t19-/m0/s1. The van der Waals surface area contributed by atoms with Gasteiger partial charge in [0.2, 0.25) is 17.8 Å². The first kappa shape index (κ1) is 19.8. The highest BCUT2D eigenvalue weighted by Gasteiger charge is 2.33. The van der Waals surface area contributed by atoms with E-state index in [4.69, 9.17) is 9.97 Å². The molecule has 4 heterocycles. The molecule has 1 atom stereocenters. The van der Waals surface area contributed by atoms with Gasteiger partial charge in [-0.3, -0.25) is 14.3 Å². The Kier molecular flexibility index (Phi) is 4.93. The Labute approximate surface area is 191 Å². The number of hydrogen-bond donors (Lipinski definition) is 3. The predicted molar refractivity (Wildman–Crippen MR) is 125 cm³/mol. The van der Waals surface area contributed by atoms with Crippen LogP contribution >= 0.6 is 0 Å². The van der Waals surface area contributed by atoms with Crippen LogP contribution in [0.5, 0.6) is 0 Å². The smallest absolute Gasteiger partial charge is 0.243 e. The number of anilines is 3. The summed E-state index contributed by atoms with van der Waals surface area (Å²) in [5, 5.41) is 13.9. The normalized spacial score (nSPS) is 18.1. The van der Waals surface area contributed by atoms with Crippen molar-refractivity contribution in [2.24, 2.45) is 0 Å². The van der Waals surface area contributed by atoms with Crippen LogP contribution in [0, 0.1) is 0 Å². The summed E-state index contributed by atoms with van der Waals surface area (Å²) in [5.74, 6) is 2.52. The average molecular weight is 443 g/mol. The van der Waals surface area contributed by atoms with Crippen molar-refractivity contribution < 1.29 is 4.79 Å². The highest BCUT2D eigenvalue weighted by molar-refractivity contribution is 5.85. The molecule has 9 nitrogen and oxygen atoms in total. The third-order valence-corrected chi connectivity index (χ3v) is 6.35. The molecule has 1 saturated carbocycles. The van der Waals surface area contributed by atoms with Gasteiger partial charge in [-0.1, -0.05) is 30.3 Å². The Morgan fingerprint density at radius 2 is 1.97 bits per heavy atom. The Morgan fingerprint density at radius 1 is 1.09 bits per heavy atom. The summed E-state index contributed by atoms with van der Waals surface area (Å²) in [4.78, 5) is 24.6. The van der Waals surface area contributed by atoms with Crippen molar-refractivity contribution in [2.75, 3.05) is 16.8 Å². The molecule has 1 amide bonds. The number of amides is 1. The molecule has 4 aromatic rings. The Balaban J connectivity index is 1.24. The second kappa shape index (κ2) is 8.23. The zero-order valence-electron chi connectivity index (χ0n) is 18.2. The fraction of sp³-hybridized carbons (Fsp3) is 0.333. The summed E-state index contributed by atoms with van der Waals surface area (Å²) in [6.07, 6.45) is 6.05. The minimum atomic E-state index is -0.286. The number of fused-ring (bicyclic) bond motifs is 1. The van der Waals surface area contributed by atoms with Crippen LogP contribution in [0.15, 0.2) is 54.7 Å².